The number of imidazole rings is 1. The molecule has 0 aliphatic heterocycles. The van der Waals surface area contributed by atoms with Crippen molar-refractivity contribution in [3.63, 3.8) is 0 Å². The van der Waals surface area contributed by atoms with E-state index in [1.807, 2.05) is 18.4 Å². The second-order valence-corrected chi connectivity index (χ2v) is 4.16. The third-order valence-corrected chi connectivity index (χ3v) is 2.09. The monoisotopic (exact) mass is 233 g/mol. The highest BCUT2D eigenvalue weighted by Crippen LogP contribution is 2.15. The van der Waals surface area contributed by atoms with Gasteiger partial charge in [0.2, 0.25) is 0 Å². The summed E-state index contributed by atoms with van der Waals surface area (Å²) in [6, 6.07) is 0. The number of hydrogen-bond acceptors (Lipinski definition) is 3. The zero-order valence-corrected chi connectivity index (χ0v) is 9.49. The molecule has 0 aliphatic carbocycles. The largest absolute Gasteiger partial charge is 0.374 e. The Kier molecular flexibility index (Phi) is 4.37. The van der Waals surface area contributed by atoms with Crippen LogP contribution in [-0.2, 0) is 16.8 Å². The average molecular weight is 233 g/mol. The first-order valence-corrected chi connectivity index (χ1v) is 5.06. The van der Waals surface area contributed by atoms with Crippen LogP contribution < -0.4 is 5.73 Å². The Morgan fingerprint density at radius 2 is 2.25 bits per heavy atom. The minimum absolute atomic E-state index is 0.226. The molecule has 1 aromatic heterocycles. The first kappa shape index (κ1) is 13.1. The number of rotatable bonds is 6. The second-order valence-electron chi connectivity index (χ2n) is 4.16. The quantitative estimate of drug-likeness (QED) is 0.755. The van der Waals surface area contributed by atoms with Crippen LogP contribution >= 0.6 is 0 Å². The normalized spacial score (nSPS) is 12.4. The zero-order valence-electron chi connectivity index (χ0n) is 9.49. The van der Waals surface area contributed by atoms with Crippen molar-refractivity contribution in [2.45, 2.75) is 32.4 Å². The van der Waals surface area contributed by atoms with Crippen LogP contribution in [-0.4, -0.2) is 29.2 Å². The Morgan fingerprint density at radius 1 is 1.56 bits per heavy atom. The molecule has 0 amide bonds. The number of halogens is 2. The van der Waals surface area contributed by atoms with Gasteiger partial charge in [0.1, 0.15) is 6.61 Å². The maximum Gasteiger partial charge on any atom is 0.261 e. The maximum absolute atomic E-state index is 11.8. The van der Waals surface area contributed by atoms with E-state index in [2.05, 4.69) is 4.98 Å². The van der Waals surface area contributed by atoms with E-state index in [0.29, 0.717) is 6.54 Å². The van der Waals surface area contributed by atoms with Crippen molar-refractivity contribution in [2.24, 2.45) is 5.73 Å². The first-order valence-electron chi connectivity index (χ1n) is 5.06. The molecule has 0 bridgehead atoms. The van der Waals surface area contributed by atoms with Gasteiger partial charge in [0.25, 0.3) is 6.43 Å². The molecule has 0 aliphatic rings. The van der Waals surface area contributed by atoms with Crippen LogP contribution in [0.15, 0.2) is 12.5 Å². The number of nitrogens with zero attached hydrogens (tertiary/aromatic N) is 2. The van der Waals surface area contributed by atoms with Crippen LogP contribution in [0.3, 0.4) is 0 Å². The zero-order chi connectivity index (χ0) is 12.2. The summed E-state index contributed by atoms with van der Waals surface area (Å²) in [5.41, 5.74) is 6.29. The first-order chi connectivity index (χ1) is 7.41. The molecule has 92 valence electrons. The van der Waals surface area contributed by atoms with Gasteiger partial charge in [-0.15, -0.1) is 0 Å². The van der Waals surface area contributed by atoms with Gasteiger partial charge >= 0.3 is 0 Å². The van der Waals surface area contributed by atoms with Crippen LogP contribution in [0.4, 0.5) is 8.78 Å². The lowest BCUT2D eigenvalue weighted by Gasteiger charge is -2.20. The van der Waals surface area contributed by atoms with Crippen LogP contribution in [0.5, 0.6) is 0 Å². The number of hydrogen-bond donors (Lipinski definition) is 1. The summed E-state index contributed by atoms with van der Waals surface area (Å²) < 4.78 is 30.2. The van der Waals surface area contributed by atoms with Crippen molar-refractivity contribution in [3.8, 4) is 0 Å². The predicted molar refractivity (Wildman–Crippen MR) is 56.3 cm³/mol. The Hall–Kier alpha value is -1.01. The number of ether oxygens (including phenoxy) is 1. The lowest BCUT2D eigenvalue weighted by atomic mass is 10.0. The minimum atomic E-state index is -2.42. The standard InChI is InChI=1S/C10H17F2N3O/c1-10(2,13)8-5-14-7-15(8)3-4-16-6-9(11)12/h5,7,9H,3-4,6,13H2,1-2H3. The molecule has 1 heterocycles. The lowest BCUT2D eigenvalue weighted by Crippen LogP contribution is -2.32. The molecule has 0 radical (unpaired) electrons. The van der Waals surface area contributed by atoms with Gasteiger partial charge in [0.05, 0.1) is 24.2 Å². The summed E-state index contributed by atoms with van der Waals surface area (Å²) in [6.45, 7) is 3.89. The Bertz CT molecular complexity index is 320. The fourth-order valence-electron chi connectivity index (χ4n) is 1.37. The fraction of sp³-hybridized carbons (Fsp3) is 0.700. The summed E-state index contributed by atoms with van der Waals surface area (Å²) in [7, 11) is 0. The second kappa shape index (κ2) is 5.36. The van der Waals surface area contributed by atoms with Crippen LogP contribution in [0, 0.1) is 0 Å². The molecule has 0 spiro atoms. The van der Waals surface area contributed by atoms with E-state index < -0.39 is 18.6 Å². The van der Waals surface area contributed by atoms with Crippen LogP contribution in [0.1, 0.15) is 19.5 Å². The minimum Gasteiger partial charge on any atom is -0.374 e. The highest BCUT2D eigenvalue weighted by molar-refractivity contribution is 5.09. The van der Waals surface area contributed by atoms with E-state index in [-0.39, 0.29) is 6.61 Å². The summed E-state index contributed by atoms with van der Waals surface area (Å²) in [6.07, 6.45) is 0.871. The Labute approximate surface area is 93.4 Å². The van der Waals surface area contributed by atoms with Gasteiger partial charge in [0.15, 0.2) is 0 Å². The van der Waals surface area contributed by atoms with Gasteiger partial charge < -0.3 is 15.0 Å². The van der Waals surface area contributed by atoms with Gasteiger partial charge in [-0.05, 0) is 13.8 Å². The molecular weight excluding hydrogens is 216 g/mol. The number of alkyl halides is 2. The smallest absolute Gasteiger partial charge is 0.261 e. The molecule has 1 aromatic rings. The van der Waals surface area contributed by atoms with Gasteiger partial charge in [-0.25, -0.2) is 13.8 Å². The SMILES string of the molecule is CC(C)(N)c1cncn1CCOCC(F)F. The van der Waals surface area contributed by atoms with Crippen molar-refractivity contribution in [2.75, 3.05) is 13.2 Å². The van der Waals surface area contributed by atoms with Crippen LogP contribution in [0.25, 0.3) is 0 Å². The molecular formula is C10H17F2N3O. The molecule has 0 atom stereocenters. The third kappa shape index (κ3) is 3.86. The Morgan fingerprint density at radius 3 is 2.81 bits per heavy atom. The molecule has 4 nitrogen and oxygen atoms in total. The van der Waals surface area contributed by atoms with Crippen LogP contribution in [0.2, 0.25) is 0 Å². The van der Waals surface area contributed by atoms with E-state index in [9.17, 15) is 8.78 Å². The molecule has 0 fully saturated rings. The maximum atomic E-state index is 11.8. The number of aromatic nitrogens is 2. The Balaban J connectivity index is 2.46. The lowest BCUT2D eigenvalue weighted by molar-refractivity contribution is 0.0144. The molecule has 0 saturated heterocycles. The highest BCUT2D eigenvalue weighted by atomic mass is 19.3. The summed E-state index contributed by atoms with van der Waals surface area (Å²) >= 11 is 0. The van der Waals surface area contributed by atoms with Gasteiger partial charge in [-0.2, -0.15) is 0 Å². The van der Waals surface area contributed by atoms with E-state index in [1.54, 1.807) is 12.5 Å². The summed E-state index contributed by atoms with van der Waals surface area (Å²) in [5, 5.41) is 0. The molecule has 16 heavy (non-hydrogen) atoms. The van der Waals surface area contributed by atoms with Crippen molar-refractivity contribution in [1.29, 1.82) is 0 Å². The molecule has 6 heteroatoms. The third-order valence-electron chi connectivity index (χ3n) is 2.09. The predicted octanol–water partition coefficient (Wildman–Crippen LogP) is 1.36. The molecule has 0 saturated carbocycles. The summed E-state index contributed by atoms with van der Waals surface area (Å²) in [4.78, 5) is 3.98. The summed E-state index contributed by atoms with van der Waals surface area (Å²) in [5.74, 6) is 0. The highest BCUT2D eigenvalue weighted by Gasteiger charge is 2.18. The van der Waals surface area contributed by atoms with Crippen molar-refractivity contribution >= 4 is 0 Å². The van der Waals surface area contributed by atoms with E-state index in [1.165, 1.54) is 0 Å². The molecule has 0 unspecified atom stereocenters. The van der Waals surface area contributed by atoms with Gasteiger partial charge in [0, 0.05) is 12.7 Å². The van der Waals surface area contributed by atoms with Crippen molar-refractivity contribution in [1.82, 2.24) is 9.55 Å². The molecule has 1 rings (SSSR count). The fourth-order valence-corrected chi connectivity index (χ4v) is 1.37. The topological polar surface area (TPSA) is 53.1 Å². The molecule has 2 N–H and O–H groups in total. The average Bonchev–Trinajstić information content (AvgIpc) is 2.59. The molecule has 0 aromatic carbocycles. The van der Waals surface area contributed by atoms with Gasteiger partial charge in [-0.1, -0.05) is 0 Å². The number of nitrogens with two attached hydrogens (primary N) is 1. The van der Waals surface area contributed by atoms with E-state index in [4.69, 9.17) is 10.5 Å². The van der Waals surface area contributed by atoms with Gasteiger partial charge in [-0.3, -0.25) is 0 Å². The van der Waals surface area contributed by atoms with E-state index >= 15 is 0 Å². The van der Waals surface area contributed by atoms with E-state index in [0.717, 1.165) is 5.69 Å². The van der Waals surface area contributed by atoms with Crippen molar-refractivity contribution < 1.29 is 13.5 Å². The van der Waals surface area contributed by atoms with Crippen molar-refractivity contribution in [3.05, 3.63) is 18.2 Å².